The van der Waals surface area contributed by atoms with Crippen LogP contribution in [0.25, 0.3) is 10.8 Å². The first kappa shape index (κ1) is 13.1. The van der Waals surface area contributed by atoms with Crippen LogP contribution in [0, 0.1) is 0 Å². The van der Waals surface area contributed by atoms with Crippen LogP contribution in [0.15, 0.2) is 42.5 Å². The number of rotatable bonds is 5. The third-order valence-corrected chi connectivity index (χ3v) is 3.22. The third-order valence-electron chi connectivity index (χ3n) is 3.22. The smallest absolute Gasteiger partial charge is 0.0526 e. The molecule has 0 aliphatic rings. The highest BCUT2D eigenvalue weighted by Gasteiger charge is 2.06. The minimum atomic E-state index is -0.250. The van der Waals surface area contributed by atoms with Crippen LogP contribution in [0.4, 0.5) is 0 Å². The molecule has 2 rings (SSSR count). The second kappa shape index (κ2) is 5.98. The van der Waals surface area contributed by atoms with Crippen LogP contribution < -0.4 is 5.32 Å². The first-order valence-electron chi connectivity index (χ1n) is 6.55. The van der Waals surface area contributed by atoms with Gasteiger partial charge in [-0.15, -0.1) is 0 Å². The molecule has 2 unspecified atom stereocenters. The summed E-state index contributed by atoms with van der Waals surface area (Å²) in [4.78, 5) is 0. The number of hydrogen-bond acceptors (Lipinski definition) is 2. The molecule has 0 aromatic heterocycles. The Balaban J connectivity index is 2.08. The summed E-state index contributed by atoms with van der Waals surface area (Å²) in [5.74, 6) is 0. The van der Waals surface area contributed by atoms with E-state index in [2.05, 4.69) is 54.7 Å². The van der Waals surface area contributed by atoms with Gasteiger partial charge in [0.2, 0.25) is 0 Å². The van der Waals surface area contributed by atoms with Crippen molar-refractivity contribution in [2.75, 3.05) is 0 Å². The lowest BCUT2D eigenvalue weighted by atomic mass is 10.0. The van der Waals surface area contributed by atoms with Gasteiger partial charge >= 0.3 is 0 Å². The van der Waals surface area contributed by atoms with E-state index in [1.54, 1.807) is 0 Å². The minimum Gasteiger partial charge on any atom is -0.393 e. The molecule has 0 bridgehead atoms. The van der Waals surface area contributed by atoms with E-state index in [-0.39, 0.29) is 6.10 Å². The summed E-state index contributed by atoms with van der Waals surface area (Å²) in [6.45, 7) is 4.78. The highest BCUT2D eigenvalue weighted by atomic mass is 16.3. The summed E-state index contributed by atoms with van der Waals surface area (Å²) >= 11 is 0. The summed E-state index contributed by atoms with van der Waals surface area (Å²) < 4.78 is 0. The van der Waals surface area contributed by atoms with Crippen molar-refractivity contribution in [3.63, 3.8) is 0 Å². The van der Waals surface area contributed by atoms with Crippen LogP contribution in [0.5, 0.6) is 0 Å². The van der Waals surface area contributed by atoms with Crippen molar-refractivity contribution in [3.05, 3.63) is 48.0 Å². The van der Waals surface area contributed by atoms with Crippen molar-refractivity contribution in [2.24, 2.45) is 0 Å². The molecule has 0 saturated heterocycles. The van der Waals surface area contributed by atoms with Gasteiger partial charge in [-0.05, 0) is 36.6 Å². The second-order valence-electron chi connectivity index (χ2n) is 5.00. The van der Waals surface area contributed by atoms with E-state index in [1.807, 2.05) is 6.92 Å². The largest absolute Gasteiger partial charge is 0.393 e. The van der Waals surface area contributed by atoms with Gasteiger partial charge in [-0.25, -0.2) is 0 Å². The van der Waals surface area contributed by atoms with Crippen molar-refractivity contribution in [2.45, 2.75) is 39.0 Å². The Morgan fingerprint density at radius 2 is 1.78 bits per heavy atom. The van der Waals surface area contributed by atoms with E-state index in [0.29, 0.717) is 6.04 Å². The Kier molecular flexibility index (Phi) is 4.34. The normalized spacial score (nSPS) is 14.6. The third kappa shape index (κ3) is 3.31. The first-order valence-corrected chi connectivity index (χ1v) is 6.55. The lowest BCUT2D eigenvalue weighted by Gasteiger charge is -2.16. The Morgan fingerprint density at radius 3 is 2.56 bits per heavy atom. The van der Waals surface area contributed by atoms with Gasteiger partial charge in [0.05, 0.1) is 6.10 Å². The van der Waals surface area contributed by atoms with Crippen LogP contribution in [-0.4, -0.2) is 17.3 Å². The van der Waals surface area contributed by atoms with E-state index in [1.165, 1.54) is 16.3 Å². The monoisotopic (exact) mass is 243 g/mol. The Morgan fingerprint density at radius 1 is 1.06 bits per heavy atom. The van der Waals surface area contributed by atoms with Crippen LogP contribution in [0.3, 0.4) is 0 Å². The van der Waals surface area contributed by atoms with Gasteiger partial charge in [-0.1, -0.05) is 42.5 Å². The first-order chi connectivity index (χ1) is 8.66. The summed E-state index contributed by atoms with van der Waals surface area (Å²) in [6, 6.07) is 15.1. The van der Waals surface area contributed by atoms with Gasteiger partial charge < -0.3 is 10.4 Å². The fourth-order valence-electron chi connectivity index (χ4n) is 2.33. The maximum atomic E-state index is 9.35. The SMILES string of the molecule is CC(O)CC(C)NCc1cccc2ccccc12. The quantitative estimate of drug-likeness (QED) is 0.845. The molecule has 2 aromatic rings. The number of aliphatic hydroxyl groups excluding tert-OH is 1. The number of hydrogen-bond donors (Lipinski definition) is 2. The molecule has 2 heteroatoms. The predicted octanol–water partition coefficient (Wildman–Crippen LogP) is 3.09. The van der Waals surface area contributed by atoms with E-state index in [0.717, 1.165) is 13.0 Å². The van der Waals surface area contributed by atoms with Crippen LogP contribution >= 0.6 is 0 Å². The molecule has 0 radical (unpaired) electrons. The van der Waals surface area contributed by atoms with Gasteiger partial charge in [0.25, 0.3) is 0 Å². The molecule has 0 heterocycles. The highest BCUT2D eigenvalue weighted by molar-refractivity contribution is 5.85. The summed E-state index contributed by atoms with van der Waals surface area (Å²) in [5, 5.41) is 15.4. The Hall–Kier alpha value is -1.38. The molecule has 0 fully saturated rings. The standard InChI is InChI=1S/C16H21NO/c1-12(10-13(2)18)17-11-15-8-5-7-14-6-3-4-9-16(14)15/h3-9,12-13,17-18H,10-11H2,1-2H3. The van der Waals surface area contributed by atoms with Gasteiger partial charge in [-0.2, -0.15) is 0 Å². The van der Waals surface area contributed by atoms with Crippen LogP contribution in [0.2, 0.25) is 0 Å². The molecule has 0 aliphatic heterocycles. The van der Waals surface area contributed by atoms with Crippen LogP contribution in [-0.2, 0) is 6.54 Å². The van der Waals surface area contributed by atoms with Crippen molar-refractivity contribution >= 4 is 10.8 Å². The van der Waals surface area contributed by atoms with Crippen molar-refractivity contribution in [1.29, 1.82) is 0 Å². The van der Waals surface area contributed by atoms with E-state index < -0.39 is 0 Å². The molecule has 96 valence electrons. The maximum absolute atomic E-state index is 9.35. The lowest BCUT2D eigenvalue weighted by molar-refractivity contribution is 0.170. The molecule has 0 amide bonds. The van der Waals surface area contributed by atoms with Gasteiger partial charge in [0, 0.05) is 12.6 Å². The van der Waals surface area contributed by atoms with E-state index >= 15 is 0 Å². The fourth-order valence-corrected chi connectivity index (χ4v) is 2.33. The minimum absolute atomic E-state index is 0.250. The number of nitrogens with one attached hydrogen (secondary N) is 1. The summed E-state index contributed by atoms with van der Waals surface area (Å²) in [5.41, 5.74) is 1.31. The molecule has 2 nitrogen and oxygen atoms in total. The average molecular weight is 243 g/mol. The molecule has 0 aliphatic carbocycles. The summed E-state index contributed by atoms with van der Waals surface area (Å²) in [7, 11) is 0. The zero-order valence-corrected chi connectivity index (χ0v) is 11.1. The van der Waals surface area contributed by atoms with E-state index in [9.17, 15) is 5.11 Å². The molecule has 2 aromatic carbocycles. The van der Waals surface area contributed by atoms with E-state index in [4.69, 9.17) is 0 Å². The molecular formula is C16H21NO. The summed E-state index contributed by atoms with van der Waals surface area (Å²) in [6.07, 6.45) is 0.533. The van der Waals surface area contributed by atoms with Crippen molar-refractivity contribution < 1.29 is 5.11 Å². The maximum Gasteiger partial charge on any atom is 0.0526 e. The van der Waals surface area contributed by atoms with Crippen molar-refractivity contribution in [3.8, 4) is 0 Å². The second-order valence-corrected chi connectivity index (χ2v) is 5.00. The number of benzene rings is 2. The Bertz CT molecular complexity index is 502. The van der Waals surface area contributed by atoms with Crippen LogP contribution in [0.1, 0.15) is 25.8 Å². The lowest BCUT2D eigenvalue weighted by Crippen LogP contribution is -2.28. The molecular weight excluding hydrogens is 222 g/mol. The predicted molar refractivity (Wildman–Crippen MR) is 76.5 cm³/mol. The molecule has 2 atom stereocenters. The molecule has 0 saturated carbocycles. The fraction of sp³-hybridized carbons (Fsp3) is 0.375. The van der Waals surface area contributed by atoms with Gasteiger partial charge in [0.1, 0.15) is 0 Å². The average Bonchev–Trinajstić information content (AvgIpc) is 2.35. The van der Waals surface area contributed by atoms with Gasteiger partial charge in [0.15, 0.2) is 0 Å². The molecule has 18 heavy (non-hydrogen) atoms. The number of fused-ring (bicyclic) bond motifs is 1. The number of aliphatic hydroxyl groups is 1. The van der Waals surface area contributed by atoms with Gasteiger partial charge in [-0.3, -0.25) is 0 Å². The Labute approximate surface area is 109 Å². The zero-order chi connectivity index (χ0) is 13.0. The zero-order valence-electron chi connectivity index (χ0n) is 11.1. The highest BCUT2D eigenvalue weighted by Crippen LogP contribution is 2.18. The molecule has 2 N–H and O–H groups in total. The topological polar surface area (TPSA) is 32.3 Å². The molecule has 0 spiro atoms. The van der Waals surface area contributed by atoms with Crippen molar-refractivity contribution in [1.82, 2.24) is 5.32 Å².